The zero-order chi connectivity index (χ0) is 13.4. The van der Waals surface area contributed by atoms with Crippen LogP contribution in [0, 0.1) is 10.8 Å². The SMILES string of the molecule is CCCNc1cc(NC2C(C)(C)C2(C)C)ccn1. The second-order valence-corrected chi connectivity index (χ2v) is 6.38. The summed E-state index contributed by atoms with van der Waals surface area (Å²) in [6.45, 7) is 12.4. The van der Waals surface area contributed by atoms with Crippen LogP contribution in [0.1, 0.15) is 41.0 Å². The van der Waals surface area contributed by atoms with Crippen LogP contribution in [-0.2, 0) is 0 Å². The standard InChI is InChI=1S/C15H25N3/c1-6-8-16-12-10-11(7-9-17-12)18-13-14(2,3)15(13,4)5/h7,9-10,13H,6,8H2,1-5H3,(H2,16,17,18). The molecule has 1 aliphatic carbocycles. The zero-order valence-electron chi connectivity index (χ0n) is 12.2. The molecule has 0 aromatic carbocycles. The first-order chi connectivity index (χ1) is 8.39. The van der Waals surface area contributed by atoms with E-state index in [0.29, 0.717) is 16.9 Å². The van der Waals surface area contributed by atoms with Gasteiger partial charge in [0.25, 0.3) is 0 Å². The van der Waals surface area contributed by atoms with Gasteiger partial charge in [-0.05, 0) is 23.3 Å². The topological polar surface area (TPSA) is 37.0 Å². The van der Waals surface area contributed by atoms with Crippen molar-refractivity contribution in [3.05, 3.63) is 18.3 Å². The minimum atomic E-state index is 0.354. The molecule has 3 nitrogen and oxygen atoms in total. The van der Waals surface area contributed by atoms with Crippen LogP contribution in [-0.4, -0.2) is 17.6 Å². The van der Waals surface area contributed by atoms with Gasteiger partial charge in [-0.2, -0.15) is 0 Å². The molecule has 1 aromatic rings. The lowest BCUT2D eigenvalue weighted by Gasteiger charge is -2.10. The first kappa shape index (κ1) is 13.2. The summed E-state index contributed by atoms with van der Waals surface area (Å²) in [6.07, 6.45) is 2.98. The smallest absolute Gasteiger partial charge is 0.127 e. The van der Waals surface area contributed by atoms with Crippen LogP contribution in [0.5, 0.6) is 0 Å². The van der Waals surface area contributed by atoms with E-state index in [1.165, 1.54) is 0 Å². The number of hydrogen-bond acceptors (Lipinski definition) is 3. The van der Waals surface area contributed by atoms with Crippen molar-refractivity contribution in [2.75, 3.05) is 17.2 Å². The number of rotatable bonds is 5. The van der Waals surface area contributed by atoms with Gasteiger partial charge in [-0.15, -0.1) is 0 Å². The van der Waals surface area contributed by atoms with Crippen LogP contribution < -0.4 is 10.6 Å². The molecule has 0 spiro atoms. The van der Waals surface area contributed by atoms with E-state index in [0.717, 1.165) is 24.5 Å². The molecular weight excluding hydrogens is 222 g/mol. The van der Waals surface area contributed by atoms with Gasteiger partial charge in [0.05, 0.1) is 0 Å². The quantitative estimate of drug-likeness (QED) is 0.832. The van der Waals surface area contributed by atoms with Gasteiger partial charge in [-0.1, -0.05) is 34.6 Å². The van der Waals surface area contributed by atoms with E-state index in [1.54, 1.807) is 0 Å². The number of anilines is 2. The van der Waals surface area contributed by atoms with Crippen molar-refractivity contribution < 1.29 is 0 Å². The number of hydrogen-bond donors (Lipinski definition) is 2. The third kappa shape index (κ3) is 2.18. The highest BCUT2D eigenvalue weighted by Gasteiger charge is 2.64. The summed E-state index contributed by atoms with van der Waals surface area (Å²) in [7, 11) is 0. The maximum atomic E-state index is 4.33. The molecule has 2 N–H and O–H groups in total. The summed E-state index contributed by atoms with van der Waals surface area (Å²) in [4.78, 5) is 4.33. The minimum Gasteiger partial charge on any atom is -0.381 e. The molecule has 0 radical (unpaired) electrons. The molecule has 0 amide bonds. The number of nitrogens with one attached hydrogen (secondary N) is 2. The molecule has 1 heterocycles. The van der Waals surface area contributed by atoms with Gasteiger partial charge >= 0.3 is 0 Å². The van der Waals surface area contributed by atoms with Crippen molar-refractivity contribution in [3.8, 4) is 0 Å². The van der Waals surface area contributed by atoms with E-state index in [1.807, 2.05) is 12.3 Å². The number of nitrogens with zero attached hydrogens (tertiary/aromatic N) is 1. The fourth-order valence-electron chi connectivity index (χ4n) is 2.59. The Bertz CT molecular complexity index is 410. The third-order valence-corrected chi connectivity index (χ3v) is 4.65. The monoisotopic (exact) mass is 247 g/mol. The summed E-state index contributed by atoms with van der Waals surface area (Å²) < 4.78 is 0. The molecule has 2 rings (SSSR count). The van der Waals surface area contributed by atoms with E-state index in [2.05, 4.69) is 56.3 Å². The predicted molar refractivity (Wildman–Crippen MR) is 78.0 cm³/mol. The van der Waals surface area contributed by atoms with Crippen molar-refractivity contribution in [1.29, 1.82) is 0 Å². The largest absolute Gasteiger partial charge is 0.381 e. The molecule has 0 unspecified atom stereocenters. The lowest BCUT2D eigenvalue weighted by molar-refractivity contribution is 0.457. The molecular formula is C15H25N3. The minimum absolute atomic E-state index is 0.354. The Morgan fingerprint density at radius 3 is 2.44 bits per heavy atom. The Hall–Kier alpha value is -1.25. The zero-order valence-corrected chi connectivity index (χ0v) is 12.2. The van der Waals surface area contributed by atoms with E-state index in [-0.39, 0.29) is 0 Å². The van der Waals surface area contributed by atoms with Crippen LogP contribution >= 0.6 is 0 Å². The fraction of sp³-hybridized carbons (Fsp3) is 0.667. The first-order valence-corrected chi connectivity index (χ1v) is 6.86. The van der Waals surface area contributed by atoms with Crippen LogP contribution in [0.4, 0.5) is 11.5 Å². The molecule has 3 heteroatoms. The molecule has 1 aromatic heterocycles. The van der Waals surface area contributed by atoms with Gasteiger partial charge in [-0.25, -0.2) is 4.98 Å². The van der Waals surface area contributed by atoms with E-state index < -0.39 is 0 Å². The Labute approximate surface area is 110 Å². The average molecular weight is 247 g/mol. The Morgan fingerprint density at radius 2 is 1.89 bits per heavy atom. The summed E-state index contributed by atoms with van der Waals surface area (Å²) in [5.41, 5.74) is 1.87. The van der Waals surface area contributed by atoms with Gasteiger partial charge in [0.2, 0.25) is 0 Å². The van der Waals surface area contributed by atoms with Crippen molar-refractivity contribution in [2.24, 2.45) is 10.8 Å². The van der Waals surface area contributed by atoms with Crippen molar-refractivity contribution in [1.82, 2.24) is 4.98 Å². The lowest BCUT2D eigenvalue weighted by atomic mass is 10.0. The van der Waals surface area contributed by atoms with E-state index >= 15 is 0 Å². The highest BCUT2D eigenvalue weighted by molar-refractivity contribution is 5.54. The Kier molecular flexibility index (Phi) is 3.26. The normalized spacial score (nSPS) is 20.5. The molecule has 0 aliphatic heterocycles. The van der Waals surface area contributed by atoms with Crippen LogP contribution in [0.15, 0.2) is 18.3 Å². The summed E-state index contributed by atoms with van der Waals surface area (Å²) >= 11 is 0. The second-order valence-electron chi connectivity index (χ2n) is 6.38. The second kappa shape index (κ2) is 4.45. The molecule has 100 valence electrons. The Morgan fingerprint density at radius 1 is 1.22 bits per heavy atom. The van der Waals surface area contributed by atoms with Crippen LogP contribution in [0.2, 0.25) is 0 Å². The predicted octanol–water partition coefficient (Wildman–Crippen LogP) is 3.75. The number of pyridine rings is 1. The fourth-order valence-corrected chi connectivity index (χ4v) is 2.59. The van der Waals surface area contributed by atoms with E-state index in [9.17, 15) is 0 Å². The van der Waals surface area contributed by atoms with Gasteiger partial charge in [0.15, 0.2) is 0 Å². The third-order valence-electron chi connectivity index (χ3n) is 4.65. The maximum absolute atomic E-state index is 4.33. The average Bonchev–Trinajstić information content (AvgIpc) is 2.70. The molecule has 0 atom stereocenters. The van der Waals surface area contributed by atoms with Gasteiger partial charge in [-0.3, -0.25) is 0 Å². The molecule has 0 bridgehead atoms. The molecule has 1 aliphatic rings. The van der Waals surface area contributed by atoms with Gasteiger partial charge in [0, 0.05) is 30.5 Å². The maximum Gasteiger partial charge on any atom is 0.127 e. The first-order valence-electron chi connectivity index (χ1n) is 6.86. The Balaban J connectivity index is 2.03. The van der Waals surface area contributed by atoms with Gasteiger partial charge < -0.3 is 10.6 Å². The number of aromatic nitrogens is 1. The highest BCUT2D eigenvalue weighted by Crippen LogP contribution is 2.63. The molecule has 0 saturated heterocycles. The van der Waals surface area contributed by atoms with Crippen molar-refractivity contribution >= 4 is 11.5 Å². The molecule has 1 fully saturated rings. The van der Waals surface area contributed by atoms with Crippen LogP contribution in [0.3, 0.4) is 0 Å². The summed E-state index contributed by atoms with van der Waals surface area (Å²) in [6, 6.07) is 4.67. The van der Waals surface area contributed by atoms with Crippen molar-refractivity contribution in [2.45, 2.75) is 47.1 Å². The lowest BCUT2D eigenvalue weighted by Crippen LogP contribution is -2.10. The highest BCUT2D eigenvalue weighted by atomic mass is 15.1. The van der Waals surface area contributed by atoms with Gasteiger partial charge in [0.1, 0.15) is 5.82 Å². The van der Waals surface area contributed by atoms with Crippen molar-refractivity contribution in [3.63, 3.8) is 0 Å². The molecule has 18 heavy (non-hydrogen) atoms. The summed E-state index contributed by atoms with van der Waals surface area (Å²) in [5.74, 6) is 0.957. The van der Waals surface area contributed by atoms with Crippen LogP contribution in [0.25, 0.3) is 0 Å². The molecule has 1 saturated carbocycles. The summed E-state index contributed by atoms with van der Waals surface area (Å²) in [5, 5.41) is 6.95. The van der Waals surface area contributed by atoms with E-state index in [4.69, 9.17) is 0 Å².